The van der Waals surface area contributed by atoms with Gasteiger partial charge in [0.25, 0.3) is 0 Å². The fraction of sp³-hybridized carbons (Fsp3) is 0.583. The first-order valence-corrected chi connectivity index (χ1v) is 5.52. The van der Waals surface area contributed by atoms with Crippen LogP contribution in [0.25, 0.3) is 0 Å². The van der Waals surface area contributed by atoms with Crippen molar-refractivity contribution in [2.75, 3.05) is 13.2 Å². The van der Waals surface area contributed by atoms with Gasteiger partial charge < -0.3 is 10.4 Å². The number of rotatable bonds is 5. The Morgan fingerprint density at radius 1 is 1.53 bits per heavy atom. The molecular weight excluding hydrogens is 188 g/mol. The van der Waals surface area contributed by atoms with Crippen LogP contribution in [0.2, 0.25) is 0 Å². The van der Waals surface area contributed by atoms with E-state index in [9.17, 15) is 5.11 Å². The number of nitrogens with zero attached hydrogens (tertiary/aromatic N) is 1. The Kier molecular flexibility index (Phi) is 3.03. The predicted molar refractivity (Wildman–Crippen MR) is 59.4 cm³/mol. The fourth-order valence-corrected chi connectivity index (χ4v) is 1.61. The van der Waals surface area contributed by atoms with Gasteiger partial charge >= 0.3 is 0 Å². The highest BCUT2D eigenvalue weighted by molar-refractivity contribution is 5.14. The smallest absolute Gasteiger partial charge is 0.0814 e. The molecule has 2 N–H and O–H groups in total. The van der Waals surface area contributed by atoms with Crippen LogP contribution in [-0.4, -0.2) is 23.2 Å². The van der Waals surface area contributed by atoms with Crippen LogP contribution in [0.15, 0.2) is 24.4 Å². The minimum Gasteiger partial charge on any atom is -0.394 e. The average Bonchev–Trinajstić information content (AvgIpc) is 3.11. The number of nitrogens with one attached hydrogen (secondary N) is 1. The Bertz CT molecular complexity index is 311. The summed E-state index contributed by atoms with van der Waals surface area (Å²) in [6.07, 6.45) is 4.40. The molecule has 0 aromatic carbocycles. The van der Waals surface area contributed by atoms with Gasteiger partial charge in [-0.15, -0.1) is 0 Å². The van der Waals surface area contributed by atoms with Crippen LogP contribution in [0.4, 0.5) is 0 Å². The Labute approximate surface area is 90.5 Å². The van der Waals surface area contributed by atoms with Gasteiger partial charge in [0.15, 0.2) is 0 Å². The molecular formula is C12H18N2O. The summed E-state index contributed by atoms with van der Waals surface area (Å²) in [6.45, 7) is 3.06. The third-order valence-corrected chi connectivity index (χ3v) is 3.02. The van der Waals surface area contributed by atoms with E-state index in [-0.39, 0.29) is 6.61 Å². The zero-order valence-corrected chi connectivity index (χ0v) is 9.11. The van der Waals surface area contributed by atoms with Gasteiger partial charge in [-0.2, -0.15) is 0 Å². The first kappa shape index (κ1) is 10.6. The maximum atomic E-state index is 9.47. The van der Waals surface area contributed by atoms with Gasteiger partial charge in [0.05, 0.1) is 17.8 Å². The van der Waals surface area contributed by atoms with Crippen molar-refractivity contribution < 1.29 is 5.11 Å². The number of hydrogen-bond acceptors (Lipinski definition) is 3. The first-order valence-electron chi connectivity index (χ1n) is 5.52. The van der Waals surface area contributed by atoms with Crippen molar-refractivity contribution in [2.45, 2.75) is 25.3 Å². The Morgan fingerprint density at radius 3 is 2.87 bits per heavy atom. The highest BCUT2D eigenvalue weighted by Crippen LogP contribution is 2.29. The molecule has 1 fully saturated rings. The Morgan fingerprint density at radius 2 is 2.33 bits per heavy atom. The summed E-state index contributed by atoms with van der Waals surface area (Å²) < 4.78 is 0. The third kappa shape index (κ3) is 2.55. The number of aliphatic hydroxyl groups excluding tert-OH is 1. The van der Waals surface area contributed by atoms with E-state index in [1.807, 2.05) is 25.1 Å². The van der Waals surface area contributed by atoms with Crippen molar-refractivity contribution in [3.63, 3.8) is 0 Å². The van der Waals surface area contributed by atoms with E-state index in [1.54, 1.807) is 6.20 Å². The van der Waals surface area contributed by atoms with Gasteiger partial charge in [-0.25, -0.2) is 0 Å². The molecule has 0 radical (unpaired) electrons. The lowest BCUT2D eigenvalue weighted by atomic mass is 9.98. The number of hydrogen-bond donors (Lipinski definition) is 2. The lowest BCUT2D eigenvalue weighted by Gasteiger charge is -2.28. The molecule has 0 amide bonds. The molecule has 1 saturated carbocycles. The van der Waals surface area contributed by atoms with Crippen molar-refractivity contribution in [3.8, 4) is 0 Å². The molecule has 1 aromatic heterocycles. The summed E-state index contributed by atoms with van der Waals surface area (Å²) >= 11 is 0. The normalized spacial score (nSPS) is 19.9. The van der Waals surface area contributed by atoms with Crippen LogP contribution in [0.1, 0.15) is 25.5 Å². The minimum absolute atomic E-state index is 0.0801. The topological polar surface area (TPSA) is 45.1 Å². The largest absolute Gasteiger partial charge is 0.394 e. The van der Waals surface area contributed by atoms with E-state index in [1.165, 1.54) is 12.8 Å². The minimum atomic E-state index is -0.399. The zero-order valence-electron chi connectivity index (χ0n) is 9.11. The Hall–Kier alpha value is -0.930. The molecule has 0 bridgehead atoms. The highest BCUT2D eigenvalue weighted by Gasteiger charge is 2.30. The third-order valence-electron chi connectivity index (χ3n) is 3.02. The summed E-state index contributed by atoms with van der Waals surface area (Å²) in [4.78, 5) is 4.30. The molecule has 3 heteroatoms. The van der Waals surface area contributed by atoms with Gasteiger partial charge in [0, 0.05) is 6.20 Å². The molecule has 1 heterocycles. The summed E-state index contributed by atoms with van der Waals surface area (Å²) in [7, 11) is 0. The van der Waals surface area contributed by atoms with Gasteiger partial charge in [0.1, 0.15) is 0 Å². The quantitative estimate of drug-likeness (QED) is 0.763. The molecule has 0 aliphatic heterocycles. The van der Waals surface area contributed by atoms with Crippen LogP contribution in [-0.2, 0) is 5.54 Å². The maximum absolute atomic E-state index is 9.47. The lowest BCUT2D eigenvalue weighted by molar-refractivity contribution is 0.170. The molecule has 0 saturated heterocycles. The average molecular weight is 206 g/mol. The van der Waals surface area contributed by atoms with Crippen LogP contribution in [0.5, 0.6) is 0 Å². The molecule has 3 nitrogen and oxygen atoms in total. The fourth-order valence-electron chi connectivity index (χ4n) is 1.61. The van der Waals surface area contributed by atoms with Crippen LogP contribution >= 0.6 is 0 Å². The molecule has 1 aromatic rings. The molecule has 1 aliphatic rings. The van der Waals surface area contributed by atoms with Gasteiger partial charge in [-0.05, 0) is 44.4 Å². The second-order valence-electron chi connectivity index (χ2n) is 4.53. The molecule has 1 unspecified atom stereocenters. The second-order valence-corrected chi connectivity index (χ2v) is 4.53. The van der Waals surface area contributed by atoms with E-state index in [0.29, 0.717) is 0 Å². The molecule has 1 aliphatic carbocycles. The van der Waals surface area contributed by atoms with Crippen LogP contribution in [0.3, 0.4) is 0 Å². The number of aliphatic hydroxyl groups is 1. The van der Waals surface area contributed by atoms with E-state index in [0.717, 1.165) is 18.2 Å². The first-order chi connectivity index (χ1) is 7.24. The van der Waals surface area contributed by atoms with E-state index in [4.69, 9.17) is 0 Å². The van der Waals surface area contributed by atoms with Crippen molar-refractivity contribution in [2.24, 2.45) is 5.92 Å². The lowest BCUT2D eigenvalue weighted by Crippen LogP contribution is -2.44. The molecule has 15 heavy (non-hydrogen) atoms. The predicted octanol–water partition coefficient (Wildman–Crippen LogP) is 1.29. The SMILES string of the molecule is CC(CO)(NCC1CC1)c1ccccn1. The summed E-state index contributed by atoms with van der Waals surface area (Å²) in [6, 6.07) is 5.80. The molecule has 0 spiro atoms. The monoisotopic (exact) mass is 206 g/mol. The van der Waals surface area contributed by atoms with E-state index in [2.05, 4.69) is 10.3 Å². The maximum Gasteiger partial charge on any atom is 0.0814 e. The number of aromatic nitrogens is 1. The second kappa shape index (κ2) is 4.29. The van der Waals surface area contributed by atoms with Gasteiger partial charge in [-0.1, -0.05) is 6.07 Å². The van der Waals surface area contributed by atoms with Gasteiger partial charge in [0.2, 0.25) is 0 Å². The summed E-state index contributed by atoms with van der Waals surface area (Å²) in [5, 5.41) is 12.9. The Balaban J connectivity index is 2.05. The zero-order chi connectivity index (χ0) is 10.7. The van der Waals surface area contributed by atoms with E-state index >= 15 is 0 Å². The summed E-state index contributed by atoms with van der Waals surface area (Å²) in [5.41, 5.74) is 0.511. The standard InChI is InChI=1S/C12H18N2O/c1-12(9-15,14-8-10-5-6-10)11-4-2-3-7-13-11/h2-4,7,10,14-15H,5-6,8-9H2,1H3. The van der Waals surface area contributed by atoms with E-state index < -0.39 is 5.54 Å². The van der Waals surface area contributed by atoms with Gasteiger partial charge in [-0.3, -0.25) is 4.98 Å². The molecule has 2 rings (SSSR count). The molecule has 1 atom stereocenters. The highest BCUT2D eigenvalue weighted by atomic mass is 16.3. The van der Waals surface area contributed by atoms with Crippen LogP contribution < -0.4 is 5.32 Å². The number of pyridine rings is 1. The van der Waals surface area contributed by atoms with Crippen molar-refractivity contribution >= 4 is 0 Å². The van der Waals surface area contributed by atoms with Crippen LogP contribution in [0, 0.1) is 5.92 Å². The molecule has 82 valence electrons. The summed E-state index contributed by atoms with van der Waals surface area (Å²) in [5.74, 6) is 0.805. The van der Waals surface area contributed by atoms with Crippen molar-refractivity contribution in [1.82, 2.24) is 10.3 Å². The van der Waals surface area contributed by atoms with Crippen molar-refractivity contribution in [1.29, 1.82) is 0 Å². The van der Waals surface area contributed by atoms with Crippen molar-refractivity contribution in [3.05, 3.63) is 30.1 Å².